The molecule has 9 heteroatoms. The summed E-state index contributed by atoms with van der Waals surface area (Å²) in [6.45, 7) is 3.96. The number of hydrogen-bond acceptors (Lipinski definition) is 6. The smallest absolute Gasteiger partial charge is 0.240 e. The molecule has 32 heavy (non-hydrogen) atoms. The number of methoxy groups -OCH3 is 1. The van der Waals surface area contributed by atoms with Crippen LogP contribution in [0.15, 0.2) is 47.4 Å². The highest BCUT2D eigenvalue weighted by atomic mass is 35.5. The Morgan fingerprint density at radius 3 is 2.69 bits per heavy atom. The van der Waals surface area contributed by atoms with Gasteiger partial charge >= 0.3 is 0 Å². The number of likely N-dealkylation sites (tertiary alicyclic amines) is 1. The number of nitriles is 1. The Bertz CT molecular complexity index is 1070. The van der Waals surface area contributed by atoms with Crippen molar-refractivity contribution in [3.05, 3.63) is 53.6 Å². The highest BCUT2D eigenvalue weighted by Crippen LogP contribution is 2.41. The molecular weight excluding hydrogens is 450 g/mol. The highest BCUT2D eigenvalue weighted by molar-refractivity contribution is 7.89. The van der Waals surface area contributed by atoms with Crippen molar-refractivity contribution in [1.82, 2.24) is 9.62 Å². The van der Waals surface area contributed by atoms with Gasteiger partial charge < -0.3 is 14.4 Å². The van der Waals surface area contributed by atoms with Crippen molar-refractivity contribution in [3.63, 3.8) is 0 Å². The number of nitrogens with zero attached hydrogens (tertiary/aromatic N) is 2. The fourth-order valence-electron chi connectivity index (χ4n) is 4.41. The third-order valence-corrected chi connectivity index (χ3v) is 7.55. The lowest BCUT2D eigenvalue weighted by atomic mass is 9.86. The molecule has 0 amide bonds. The third kappa shape index (κ3) is 5.36. The number of halogens is 1. The average molecular weight is 478 g/mol. The number of sulfonamides is 1. The van der Waals surface area contributed by atoms with Crippen LogP contribution in [-0.4, -0.2) is 53.2 Å². The van der Waals surface area contributed by atoms with Gasteiger partial charge in [-0.1, -0.05) is 0 Å². The molecule has 2 aromatic rings. The van der Waals surface area contributed by atoms with E-state index >= 15 is 0 Å². The Hall–Kier alpha value is -2.31. The van der Waals surface area contributed by atoms with Gasteiger partial charge in [-0.05, 0) is 61.9 Å². The largest absolute Gasteiger partial charge is 0.497 e. The Labute approximate surface area is 195 Å². The predicted octanol–water partition coefficient (Wildman–Crippen LogP) is 3.16. The molecule has 2 aliphatic heterocycles. The van der Waals surface area contributed by atoms with Gasteiger partial charge in [-0.15, -0.1) is 12.4 Å². The molecule has 1 N–H and O–H groups in total. The van der Waals surface area contributed by atoms with Crippen LogP contribution in [0.3, 0.4) is 0 Å². The van der Waals surface area contributed by atoms with E-state index in [1.807, 2.05) is 12.1 Å². The van der Waals surface area contributed by atoms with Crippen molar-refractivity contribution in [3.8, 4) is 17.6 Å². The molecule has 7 nitrogen and oxygen atoms in total. The molecule has 1 fully saturated rings. The molecule has 1 saturated heterocycles. The zero-order valence-corrected chi connectivity index (χ0v) is 19.6. The van der Waals surface area contributed by atoms with Crippen molar-refractivity contribution in [2.45, 2.75) is 23.7 Å². The SMILES string of the molecule is COc1ccc(S(=O)(=O)NCCCCN2C[C@@H]3COc4ccc(C#N)cc4[C@H]3C2)cc1.Cl. The Kier molecular flexibility index (Phi) is 8.01. The standard InChI is InChI=1S/C23H27N3O4S.ClH/c1-29-19-5-7-20(8-6-19)31(27,28)25-10-2-3-11-26-14-18-16-30-23-9-4-17(13-24)12-21(23)22(18)15-26;/h4-9,12,18,22,25H,2-3,10-11,14-16H2,1H3;1H/t18-,22+;/m1./s1. The summed E-state index contributed by atoms with van der Waals surface area (Å²) in [7, 11) is -1.96. The summed E-state index contributed by atoms with van der Waals surface area (Å²) < 4.78 is 38.4. The van der Waals surface area contributed by atoms with E-state index in [0.29, 0.717) is 36.3 Å². The van der Waals surface area contributed by atoms with Crippen LogP contribution in [0.5, 0.6) is 11.5 Å². The maximum Gasteiger partial charge on any atom is 0.240 e. The number of nitrogens with one attached hydrogen (secondary N) is 1. The third-order valence-electron chi connectivity index (χ3n) is 6.07. The van der Waals surface area contributed by atoms with Gasteiger partial charge in [0.15, 0.2) is 0 Å². The van der Waals surface area contributed by atoms with Gasteiger partial charge in [0, 0.05) is 37.0 Å². The van der Waals surface area contributed by atoms with E-state index < -0.39 is 10.0 Å². The van der Waals surface area contributed by atoms with Crippen LogP contribution in [0.1, 0.15) is 29.9 Å². The van der Waals surface area contributed by atoms with Crippen molar-refractivity contribution in [2.75, 3.05) is 39.9 Å². The van der Waals surface area contributed by atoms with Crippen molar-refractivity contribution in [1.29, 1.82) is 5.26 Å². The number of unbranched alkanes of at least 4 members (excludes halogenated alkanes) is 1. The minimum atomic E-state index is -3.50. The molecule has 2 atom stereocenters. The number of ether oxygens (including phenoxy) is 2. The molecule has 0 bridgehead atoms. The molecule has 2 heterocycles. The van der Waals surface area contributed by atoms with Crippen molar-refractivity contribution in [2.24, 2.45) is 5.92 Å². The van der Waals surface area contributed by atoms with E-state index in [1.54, 1.807) is 37.4 Å². The molecule has 0 aliphatic carbocycles. The maximum atomic E-state index is 12.4. The van der Waals surface area contributed by atoms with E-state index in [4.69, 9.17) is 9.47 Å². The summed E-state index contributed by atoms with van der Waals surface area (Å²) in [6, 6.07) is 14.3. The normalized spacial score (nSPS) is 19.8. The number of hydrogen-bond donors (Lipinski definition) is 1. The van der Waals surface area contributed by atoms with Gasteiger partial charge in [0.1, 0.15) is 11.5 Å². The first-order chi connectivity index (χ1) is 15.0. The van der Waals surface area contributed by atoms with Gasteiger partial charge in [-0.25, -0.2) is 13.1 Å². The second-order valence-corrected chi connectivity index (χ2v) is 9.85. The molecule has 0 saturated carbocycles. The monoisotopic (exact) mass is 477 g/mol. The van der Waals surface area contributed by atoms with E-state index in [0.717, 1.165) is 43.8 Å². The zero-order chi connectivity index (χ0) is 21.8. The second kappa shape index (κ2) is 10.5. The van der Waals surface area contributed by atoms with E-state index in [9.17, 15) is 13.7 Å². The Morgan fingerprint density at radius 2 is 1.97 bits per heavy atom. The van der Waals surface area contributed by atoms with Gasteiger partial charge in [-0.2, -0.15) is 5.26 Å². The second-order valence-electron chi connectivity index (χ2n) is 8.08. The summed E-state index contributed by atoms with van der Waals surface area (Å²) in [5, 5.41) is 9.20. The van der Waals surface area contributed by atoms with E-state index in [1.165, 1.54) is 0 Å². The van der Waals surface area contributed by atoms with Gasteiger partial charge in [0.2, 0.25) is 10.0 Å². The molecule has 2 aromatic carbocycles. The minimum absolute atomic E-state index is 0. The molecule has 4 rings (SSSR count). The van der Waals surface area contributed by atoms with Crippen LogP contribution in [0.25, 0.3) is 0 Å². The number of benzene rings is 2. The summed E-state index contributed by atoms with van der Waals surface area (Å²) in [5.41, 5.74) is 1.82. The molecule has 0 aromatic heterocycles. The lowest BCUT2D eigenvalue weighted by Crippen LogP contribution is -2.27. The summed E-state index contributed by atoms with van der Waals surface area (Å²) in [6.07, 6.45) is 1.68. The molecule has 0 unspecified atom stereocenters. The van der Waals surface area contributed by atoms with E-state index in [2.05, 4.69) is 15.7 Å². The fraction of sp³-hybridized carbons (Fsp3) is 0.435. The maximum absolute atomic E-state index is 12.4. The van der Waals surface area contributed by atoms with Gasteiger partial charge in [-0.3, -0.25) is 0 Å². The van der Waals surface area contributed by atoms with Crippen molar-refractivity contribution >= 4 is 22.4 Å². The molecule has 0 spiro atoms. The van der Waals surface area contributed by atoms with Crippen LogP contribution in [0.2, 0.25) is 0 Å². The molecule has 0 radical (unpaired) electrons. The first-order valence-corrected chi connectivity index (χ1v) is 12.0. The van der Waals surface area contributed by atoms with Crippen LogP contribution in [-0.2, 0) is 10.0 Å². The zero-order valence-electron chi connectivity index (χ0n) is 18.0. The highest BCUT2D eigenvalue weighted by Gasteiger charge is 2.38. The Morgan fingerprint density at radius 1 is 1.19 bits per heavy atom. The predicted molar refractivity (Wildman–Crippen MR) is 124 cm³/mol. The molecule has 172 valence electrons. The van der Waals surface area contributed by atoms with Gasteiger partial charge in [0.05, 0.1) is 30.2 Å². The first-order valence-electron chi connectivity index (χ1n) is 10.5. The summed E-state index contributed by atoms with van der Waals surface area (Å²) in [5.74, 6) is 2.36. The number of fused-ring (bicyclic) bond motifs is 3. The quantitative estimate of drug-likeness (QED) is 0.587. The summed E-state index contributed by atoms with van der Waals surface area (Å²) in [4.78, 5) is 2.66. The minimum Gasteiger partial charge on any atom is -0.497 e. The lowest BCUT2D eigenvalue weighted by Gasteiger charge is -2.27. The molecule has 2 aliphatic rings. The van der Waals surface area contributed by atoms with Crippen LogP contribution in [0.4, 0.5) is 0 Å². The van der Waals surface area contributed by atoms with Crippen LogP contribution < -0.4 is 14.2 Å². The average Bonchev–Trinajstić information content (AvgIpc) is 3.22. The topological polar surface area (TPSA) is 91.7 Å². The lowest BCUT2D eigenvalue weighted by molar-refractivity contribution is 0.212. The fourth-order valence-corrected chi connectivity index (χ4v) is 5.48. The molecular formula is C23H28ClN3O4S. The first kappa shape index (κ1) is 24.3. The summed E-state index contributed by atoms with van der Waals surface area (Å²) >= 11 is 0. The Balaban J connectivity index is 0.00000289. The van der Waals surface area contributed by atoms with Crippen molar-refractivity contribution < 1.29 is 17.9 Å². The number of rotatable bonds is 8. The van der Waals surface area contributed by atoms with E-state index in [-0.39, 0.29) is 17.3 Å². The van der Waals surface area contributed by atoms with Crippen LogP contribution in [0, 0.1) is 17.2 Å². The van der Waals surface area contributed by atoms with Crippen LogP contribution >= 0.6 is 12.4 Å². The van der Waals surface area contributed by atoms with Gasteiger partial charge in [0.25, 0.3) is 0 Å².